The number of rotatable bonds is 7. The first kappa shape index (κ1) is 24.4. The second-order valence-corrected chi connectivity index (χ2v) is 8.73. The van der Waals surface area contributed by atoms with Gasteiger partial charge in [0, 0.05) is 32.1 Å². The maximum Gasteiger partial charge on any atom is 0.255 e. The number of anilines is 1. The van der Waals surface area contributed by atoms with Crippen LogP contribution in [-0.4, -0.2) is 42.3 Å². The van der Waals surface area contributed by atoms with E-state index in [1.165, 1.54) is 0 Å². The van der Waals surface area contributed by atoms with Crippen molar-refractivity contribution in [1.82, 2.24) is 10.2 Å². The van der Waals surface area contributed by atoms with E-state index in [-0.39, 0.29) is 30.3 Å². The summed E-state index contributed by atoms with van der Waals surface area (Å²) in [5, 5.41) is 5.30. The summed E-state index contributed by atoms with van der Waals surface area (Å²) in [6.45, 7) is 5.80. The molecule has 3 amide bonds. The van der Waals surface area contributed by atoms with Crippen LogP contribution >= 0.6 is 0 Å². The number of halogens is 2. The summed E-state index contributed by atoms with van der Waals surface area (Å²) in [5.74, 6) is -1.91. The van der Waals surface area contributed by atoms with Crippen LogP contribution in [0.15, 0.2) is 42.5 Å². The molecule has 1 heterocycles. The Morgan fingerprint density at radius 3 is 2.39 bits per heavy atom. The molecule has 176 valence electrons. The Hall–Kier alpha value is -3.29. The number of piperidine rings is 1. The van der Waals surface area contributed by atoms with E-state index in [0.717, 1.165) is 18.6 Å². The highest BCUT2D eigenvalue weighted by molar-refractivity contribution is 6.03. The Bertz CT molecular complexity index is 1020. The maximum atomic E-state index is 13.7. The summed E-state index contributed by atoms with van der Waals surface area (Å²) >= 11 is 0. The van der Waals surface area contributed by atoms with Crippen LogP contribution in [0.2, 0.25) is 0 Å². The van der Waals surface area contributed by atoms with Gasteiger partial charge in [0.15, 0.2) is 0 Å². The van der Waals surface area contributed by atoms with Crippen molar-refractivity contribution < 1.29 is 23.2 Å². The monoisotopic (exact) mass is 457 g/mol. The summed E-state index contributed by atoms with van der Waals surface area (Å²) in [5.41, 5.74) is 0.651. The van der Waals surface area contributed by atoms with E-state index in [0.29, 0.717) is 48.7 Å². The molecular weight excluding hydrogens is 428 g/mol. The Morgan fingerprint density at radius 2 is 1.70 bits per heavy atom. The lowest BCUT2D eigenvalue weighted by Crippen LogP contribution is -2.42. The van der Waals surface area contributed by atoms with Crippen LogP contribution < -0.4 is 10.6 Å². The summed E-state index contributed by atoms with van der Waals surface area (Å²) in [6, 6.07) is 9.65. The van der Waals surface area contributed by atoms with Crippen LogP contribution in [0.1, 0.15) is 53.8 Å². The molecule has 2 unspecified atom stereocenters. The fourth-order valence-electron chi connectivity index (χ4n) is 4.21. The van der Waals surface area contributed by atoms with E-state index in [2.05, 4.69) is 24.5 Å². The summed E-state index contributed by atoms with van der Waals surface area (Å²) in [4.78, 5) is 39.4. The number of para-hydroxylation sites is 1. The number of hydrogen-bond donors (Lipinski definition) is 2. The Morgan fingerprint density at radius 1 is 1.00 bits per heavy atom. The molecule has 0 bridgehead atoms. The zero-order valence-corrected chi connectivity index (χ0v) is 18.9. The highest BCUT2D eigenvalue weighted by atomic mass is 19.1. The van der Waals surface area contributed by atoms with Crippen molar-refractivity contribution in [2.24, 2.45) is 11.8 Å². The molecule has 0 saturated carbocycles. The second kappa shape index (κ2) is 11.0. The topological polar surface area (TPSA) is 78.5 Å². The first-order chi connectivity index (χ1) is 15.7. The fourth-order valence-corrected chi connectivity index (χ4v) is 4.21. The molecule has 0 radical (unpaired) electrons. The average Bonchev–Trinajstić information content (AvgIpc) is 2.76. The molecule has 2 aromatic rings. The molecule has 3 rings (SSSR count). The number of nitrogens with zero attached hydrogens (tertiary/aromatic N) is 1. The highest BCUT2D eigenvalue weighted by Gasteiger charge is 2.27. The lowest BCUT2D eigenvalue weighted by Gasteiger charge is -2.35. The van der Waals surface area contributed by atoms with Crippen LogP contribution in [-0.2, 0) is 4.79 Å². The predicted molar refractivity (Wildman–Crippen MR) is 122 cm³/mol. The van der Waals surface area contributed by atoms with E-state index in [9.17, 15) is 23.2 Å². The lowest BCUT2D eigenvalue weighted by molar-refractivity contribution is -0.116. The zero-order chi connectivity index (χ0) is 24.0. The van der Waals surface area contributed by atoms with Gasteiger partial charge in [-0.25, -0.2) is 8.78 Å². The summed E-state index contributed by atoms with van der Waals surface area (Å²) in [7, 11) is 0. The van der Waals surface area contributed by atoms with Gasteiger partial charge in [0.2, 0.25) is 5.91 Å². The molecule has 2 aromatic carbocycles. The van der Waals surface area contributed by atoms with Crippen molar-refractivity contribution in [3.8, 4) is 0 Å². The van der Waals surface area contributed by atoms with Gasteiger partial charge in [0.05, 0.1) is 16.8 Å². The number of nitrogens with one attached hydrogen (secondary N) is 2. The Kier molecular flexibility index (Phi) is 8.14. The third-order valence-corrected chi connectivity index (χ3v) is 5.63. The molecule has 0 aromatic heterocycles. The van der Waals surface area contributed by atoms with Crippen LogP contribution in [0.4, 0.5) is 14.5 Å². The molecule has 8 heteroatoms. The Labute approximate surface area is 192 Å². The number of likely N-dealkylation sites (tertiary alicyclic amines) is 1. The van der Waals surface area contributed by atoms with Gasteiger partial charge in [-0.05, 0) is 48.9 Å². The van der Waals surface area contributed by atoms with Gasteiger partial charge < -0.3 is 15.5 Å². The number of carbonyl (C=O) groups excluding carboxylic acids is 3. The molecule has 2 N–H and O–H groups in total. The van der Waals surface area contributed by atoms with Crippen molar-refractivity contribution in [2.75, 3.05) is 25.0 Å². The third kappa shape index (κ3) is 6.60. The molecule has 2 atom stereocenters. The third-order valence-electron chi connectivity index (χ3n) is 5.63. The fraction of sp³-hybridized carbons (Fsp3) is 0.400. The first-order valence-corrected chi connectivity index (χ1v) is 11.2. The van der Waals surface area contributed by atoms with E-state index >= 15 is 0 Å². The van der Waals surface area contributed by atoms with Crippen molar-refractivity contribution in [2.45, 2.75) is 33.1 Å². The van der Waals surface area contributed by atoms with E-state index in [1.807, 2.05) is 4.90 Å². The minimum Gasteiger partial charge on any atom is -0.352 e. The molecule has 1 aliphatic rings. The van der Waals surface area contributed by atoms with Crippen molar-refractivity contribution >= 4 is 23.4 Å². The molecule has 0 spiro atoms. The van der Waals surface area contributed by atoms with Gasteiger partial charge in [-0.1, -0.05) is 26.0 Å². The molecule has 1 saturated heterocycles. The van der Waals surface area contributed by atoms with E-state index < -0.39 is 17.5 Å². The van der Waals surface area contributed by atoms with Gasteiger partial charge in [-0.2, -0.15) is 0 Å². The SMILES string of the molecule is CC1CC(C)CN(C(=O)c2ccccc2NC(=O)CCCNC(=O)c2ccc(F)cc2F)C1. The second-order valence-electron chi connectivity index (χ2n) is 8.73. The van der Waals surface area contributed by atoms with Crippen LogP contribution in [0, 0.1) is 23.5 Å². The van der Waals surface area contributed by atoms with Crippen molar-refractivity contribution in [3.05, 3.63) is 65.2 Å². The normalized spacial score (nSPS) is 18.0. The molecule has 1 aliphatic heterocycles. The minimum absolute atomic E-state index is 0.0992. The molecule has 6 nitrogen and oxygen atoms in total. The van der Waals surface area contributed by atoms with Crippen LogP contribution in [0.3, 0.4) is 0 Å². The van der Waals surface area contributed by atoms with Crippen molar-refractivity contribution in [3.63, 3.8) is 0 Å². The van der Waals surface area contributed by atoms with Crippen LogP contribution in [0.25, 0.3) is 0 Å². The van der Waals surface area contributed by atoms with E-state index in [4.69, 9.17) is 0 Å². The zero-order valence-electron chi connectivity index (χ0n) is 18.9. The van der Waals surface area contributed by atoms with Gasteiger partial charge >= 0.3 is 0 Å². The molecular formula is C25H29F2N3O3. The quantitative estimate of drug-likeness (QED) is 0.611. The first-order valence-electron chi connectivity index (χ1n) is 11.2. The number of benzene rings is 2. The summed E-state index contributed by atoms with van der Waals surface area (Å²) < 4.78 is 26.6. The number of carbonyl (C=O) groups is 3. The number of amides is 3. The average molecular weight is 458 g/mol. The van der Waals surface area contributed by atoms with Gasteiger partial charge in [0.25, 0.3) is 11.8 Å². The van der Waals surface area contributed by atoms with Gasteiger partial charge in [-0.15, -0.1) is 0 Å². The van der Waals surface area contributed by atoms with Gasteiger partial charge in [0.1, 0.15) is 11.6 Å². The highest BCUT2D eigenvalue weighted by Crippen LogP contribution is 2.25. The molecule has 1 fully saturated rings. The largest absolute Gasteiger partial charge is 0.352 e. The predicted octanol–water partition coefficient (Wildman–Crippen LogP) is 4.23. The van der Waals surface area contributed by atoms with E-state index in [1.54, 1.807) is 24.3 Å². The molecule has 0 aliphatic carbocycles. The summed E-state index contributed by atoms with van der Waals surface area (Å²) in [6.07, 6.45) is 1.51. The smallest absolute Gasteiger partial charge is 0.255 e. The van der Waals surface area contributed by atoms with Crippen molar-refractivity contribution in [1.29, 1.82) is 0 Å². The lowest BCUT2D eigenvalue weighted by atomic mass is 9.91. The number of hydrogen-bond acceptors (Lipinski definition) is 3. The van der Waals surface area contributed by atoms with Crippen LogP contribution in [0.5, 0.6) is 0 Å². The van der Waals surface area contributed by atoms with Gasteiger partial charge in [-0.3, -0.25) is 14.4 Å². The minimum atomic E-state index is -0.941. The Balaban J connectivity index is 1.51. The molecule has 33 heavy (non-hydrogen) atoms. The maximum absolute atomic E-state index is 13.7. The standard InChI is InChI=1S/C25H29F2N3O3/c1-16-12-17(2)15-30(14-16)25(33)20-6-3-4-7-22(20)29-23(31)8-5-11-28-24(32)19-10-9-18(26)13-21(19)27/h3-4,6-7,9-10,13,16-17H,5,8,11-12,14-15H2,1-2H3,(H,28,32)(H,29,31).